The molecule has 3 aromatic rings. The molecule has 5 heteroatoms. The van der Waals surface area contributed by atoms with E-state index in [1.807, 2.05) is 42.5 Å². The molecule has 0 saturated heterocycles. The van der Waals surface area contributed by atoms with Crippen molar-refractivity contribution in [2.24, 2.45) is 0 Å². The number of carbonyl (C=O) groups is 1. The average molecular weight is 333 g/mol. The predicted molar refractivity (Wildman–Crippen MR) is 98.8 cm³/mol. The summed E-state index contributed by atoms with van der Waals surface area (Å²) in [6.45, 7) is 0.884. The minimum atomic E-state index is -0.0791. The van der Waals surface area contributed by atoms with Gasteiger partial charge in [-0.3, -0.25) is 4.79 Å². The van der Waals surface area contributed by atoms with Gasteiger partial charge in [0.05, 0.1) is 12.6 Å². The number of ether oxygens (including phenoxy) is 1. The number of hydrogen-bond acceptors (Lipinski definition) is 4. The predicted octanol–water partition coefficient (Wildman–Crippen LogP) is 3.30. The first kappa shape index (κ1) is 15.4. The van der Waals surface area contributed by atoms with Crippen molar-refractivity contribution in [3.63, 3.8) is 0 Å². The molecule has 1 amide bonds. The highest BCUT2D eigenvalue weighted by molar-refractivity contribution is 5.94. The van der Waals surface area contributed by atoms with Gasteiger partial charge in [-0.05, 0) is 54.4 Å². The number of nitrogens with one attached hydrogen (secondary N) is 1. The number of aromatic nitrogens is 1. The lowest BCUT2D eigenvalue weighted by Crippen LogP contribution is -2.18. The van der Waals surface area contributed by atoms with Crippen LogP contribution in [-0.2, 0) is 6.42 Å². The van der Waals surface area contributed by atoms with Crippen molar-refractivity contribution in [3.8, 4) is 5.75 Å². The molecule has 126 valence electrons. The van der Waals surface area contributed by atoms with E-state index in [1.165, 1.54) is 5.56 Å². The van der Waals surface area contributed by atoms with Crippen LogP contribution in [0.15, 0.2) is 48.5 Å². The first-order chi connectivity index (χ1) is 12.2. The van der Waals surface area contributed by atoms with Gasteiger partial charge >= 0.3 is 0 Å². The maximum absolute atomic E-state index is 11.7. The molecule has 1 aliphatic rings. The van der Waals surface area contributed by atoms with E-state index >= 15 is 0 Å². The van der Waals surface area contributed by atoms with Gasteiger partial charge in [0.2, 0.25) is 0 Å². The third-order valence-corrected chi connectivity index (χ3v) is 4.61. The van der Waals surface area contributed by atoms with E-state index in [-0.39, 0.29) is 5.91 Å². The van der Waals surface area contributed by atoms with Crippen LogP contribution in [0.3, 0.4) is 0 Å². The first-order valence-corrected chi connectivity index (χ1v) is 8.27. The average Bonchev–Trinajstić information content (AvgIpc) is 3.07. The first-order valence-electron chi connectivity index (χ1n) is 8.27. The second-order valence-corrected chi connectivity index (χ2v) is 6.06. The van der Waals surface area contributed by atoms with Gasteiger partial charge in [0.15, 0.2) is 0 Å². The van der Waals surface area contributed by atoms with Crippen LogP contribution in [0.2, 0.25) is 0 Å². The number of benzene rings is 2. The molecule has 0 unspecified atom stereocenters. The monoisotopic (exact) mass is 333 g/mol. The van der Waals surface area contributed by atoms with Crippen molar-refractivity contribution in [1.82, 2.24) is 10.3 Å². The van der Waals surface area contributed by atoms with Crippen LogP contribution in [0, 0.1) is 0 Å². The summed E-state index contributed by atoms with van der Waals surface area (Å²) in [5.74, 6) is 1.71. The molecule has 2 aromatic carbocycles. The fraction of sp³-hybridized carbons (Fsp3) is 0.200. The fourth-order valence-corrected chi connectivity index (χ4v) is 3.25. The Kier molecular flexibility index (Phi) is 3.76. The summed E-state index contributed by atoms with van der Waals surface area (Å²) in [7, 11) is 3.30. The number of carbonyl (C=O) groups excluding carboxylic acids is 1. The van der Waals surface area contributed by atoms with E-state index in [1.54, 1.807) is 14.2 Å². The van der Waals surface area contributed by atoms with Crippen molar-refractivity contribution in [1.29, 1.82) is 0 Å². The number of fused-ring (bicyclic) bond motifs is 2. The van der Waals surface area contributed by atoms with Crippen molar-refractivity contribution in [2.45, 2.75) is 6.42 Å². The number of pyridine rings is 1. The largest absolute Gasteiger partial charge is 0.497 e. The Balaban J connectivity index is 1.73. The summed E-state index contributed by atoms with van der Waals surface area (Å²) in [5.41, 5.74) is 3.86. The molecule has 5 nitrogen and oxygen atoms in total. The van der Waals surface area contributed by atoms with E-state index in [9.17, 15) is 4.79 Å². The maximum Gasteiger partial charge on any atom is 0.251 e. The molecule has 0 aliphatic carbocycles. The zero-order valence-electron chi connectivity index (χ0n) is 14.2. The Labute approximate surface area is 146 Å². The lowest BCUT2D eigenvalue weighted by Gasteiger charge is -2.19. The Bertz CT molecular complexity index is 951. The molecule has 25 heavy (non-hydrogen) atoms. The van der Waals surface area contributed by atoms with Crippen molar-refractivity contribution in [3.05, 3.63) is 59.7 Å². The molecule has 4 rings (SSSR count). The topological polar surface area (TPSA) is 54.5 Å². The van der Waals surface area contributed by atoms with E-state index in [4.69, 9.17) is 9.72 Å². The molecule has 0 atom stereocenters. The molecular weight excluding hydrogens is 314 g/mol. The molecule has 1 aromatic heterocycles. The van der Waals surface area contributed by atoms with Crippen molar-refractivity contribution in [2.75, 3.05) is 25.6 Å². The number of hydrogen-bond donors (Lipinski definition) is 1. The zero-order chi connectivity index (χ0) is 17.4. The van der Waals surface area contributed by atoms with Gasteiger partial charge in [-0.1, -0.05) is 0 Å². The molecule has 1 N–H and O–H groups in total. The number of nitrogens with zero attached hydrogens (tertiary/aromatic N) is 2. The van der Waals surface area contributed by atoms with Gasteiger partial charge in [0.1, 0.15) is 11.6 Å². The van der Waals surface area contributed by atoms with E-state index in [0.717, 1.165) is 41.1 Å². The van der Waals surface area contributed by atoms with Crippen LogP contribution in [0.4, 0.5) is 11.5 Å². The molecule has 0 fully saturated rings. The van der Waals surface area contributed by atoms with Gasteiger partial charge in [0, 0.05) is 36.3 Å². The Hall–Kier alpha value is -3.08. The summed E-state index contributed by atoms with van der Waals surface area (Å²) >= 11 is 0. The van der Waals surface area contributed by atoms with Crippen LogP contribution in [-0.4, -0.2) is 31.6 Å². The number of amides is 1. The van der Waals surface area contributed by atoms with Crippen molar-refractivity contribution >= 4 is 28.3 Å². The number of anilines is 2. The van der Waals surface area contributed by atoms with Gasteiger partial charge in [-0.2, -0.15) is 0 Å². The minimum absolute atomic E-state index is 0.0791. The summed E-state index contributed by atoms with van der Waals surface area (Å²) in [4.78, 5) is 18.8. The highest BCUT2D eigenvalue weighted by Crippen LogP contribution is 2.35. The zero-order valence-corrected chi connectivity index (χ0v) is 14.2. The second kappa shape index (κ2) is 6.09. The summed E-state index contributed by atoms with van der Waals surface area (Å²) in [6, 6.07) is 15.8. The molecule has 2 heterocycles. The van der Waals surface area contributed by atoms with Gasteiger partial charge in [-0.25, -0.2) is 4.98 Å². The summed E-state index contributed by atoms with van der Waals surface area (Å²) in [6.07, 6.45) is 0.960. The Morgan fingerprint density at radius 1 is 1.16 bits per heavy atom. The van der Waals surface area contributed by atoms with Crippen molar-refractivity contribution < 1.29 is 9.53 Å². The lowest BCUT2D eigenvalue weighted by molar-refractivity contribution is 0.0963. The standard InChI is InChI=1S/C20H19N3O2/c1-21-20(24)13-3-6-16(7-4-13)23-10-9-15-11-14-5-8-17(25-2)12-18(14)22-19(15)23/h3-8,11-12H,9-10H2,1-2H3,(H,21,24). The van der Waals surface area contributed by atoms with Crippen LogP contribution >= 0.6 is 0 Å². The number of rotatable bonds is 3. The minimum Gasteiger partial charge on any atom is -0.497 e. The molecule has 0 radical (unpaired) electrons. The summed E-state index contributed by atoms with van der Waals surface area (Å²) < 4.78 is 5.31. The highest BCUT2D eigenvalue weighted by Gasteiger charge is 2.23. The van der Waals surface area contributed by atoms with E-state index < -0.39 is 0 Å². The van der Waals surface area contributed by atoms with E-state index in [0.29, 0.717) is 5.56 Å². The van der Waals surface area contributed by atoms with Crippen LogP contribution < -0.4 is 15.0 Å². The van der Waals surface area contributed by atoms with Crippen LogP contribution in [0.25, 0.3) is 10.9 Å². The van der Waals surface area contributed by atoms with Crippen LogP contribution in [0.1, 0.15) is 15.9 Å². The molecule has 1 aliphatic heterocycles. The van der Waals surface area contributed by atoms with Gasteiger partial charge < -0.3 is 15.0 Å². The maximum atomic E-state index is 11.7. The second-order valence-electron chi connectivity index (χ2n) is 6.06. The SMILES string of the molecule is CNC(=O)c1ccc(N2CCc3cc4ccc(OC)cc4nc32)cc1. The molecule has 0 spiro atoms. The summed E-state index contributed by atoms with van der Waals surface area (Å²) in [5, 5.41) is 3.76. The third kappa shape index (κ3) is 2.67. The highest BCUT2D eigenvalue weighted by atomic mass is 16.5. The quantitative estimate of drug-likeness (QED) is 0.799. The van der Waals surface area contributed by atoms with Gasteiger partial charge in [-0.15, -0.1) is 0 Å². The molecule has 0 saturated carbocycles. The molecule has 0 bridgehead atoms. The number of methoxy groups -OCH3 is 1. The normalized spacial score (nSPS) is 13.0. The van der Waals surface area contributed by atoms with Crippen LogP contribution in [0.5, 0.6) is 5.75 Å². The Morgan fingerprint density at radius 2 is 1.96 bits per heavy atom. The Morgan fingerprint density at radius 3 is 2.68 bits per heavy atom. The molecular formula is C20H19N3O2. The lowest BCUT2D eigenvalue weighted by atomic mass is 10.1. The third-order valence-electron chi connectivity index (χ3n) is 4.61. The van der Waals surface area contributed by atoms with E-state index in [2.05, 4.69) is 16.3 Å². The van der Waals surface area contributed by atoms with Gasteiger partial charge in [0.25, 0.3) is 5.91 Å². The smallest absolute Gasteiger partial charge is 0.251 e. The fourth-order valence-electron chi connectivity index (χ4n) is 3.25.